The summed E-state index contributed by atoms with van der Waals surface area (Å²) in [7, 11) is 1.68. The molecule has 0 saturated carbocycles. The van der Waals surface area contributed by atoms with Gasteiger partial charge < -0.3 is 0 Å². The molecule has 1 aromatic carbocycles. The number of rotatable bonds is 3. The van der Waals surface area contributed by atoms with Gasteiger partial charge in [-0.15, -0.1) is 0 Å². The first-order valence-electron chi connectivity index (χ1n) is 5.65. The van der Waals surface area contributed by atoms with Crippen LogP contribution in [0.15, 0.2) is 35.1 Å². The highest BCUT2D eigenvalue weighted by molar-refractivity contribution is 9.10. The maximum absolute atomic E-state index is 12.9. The Morgan fingerprint density at radius 1 is 1.40 bits per heavy atom. The molecule has 0 unspecified atom stereocenters. The molecule has 2 aromatic rings. The van der Waals surface area contributed by atoms with Gasteiger partial charge in [-0.3, -0.25) is 9.48 Å². The summed E-state index contributed by atoms with van der Waals surface area (Å²) in [6, 6.07) is 3.52. The number of Topliss-reactive ketones (excluding diaryl/α,β-unsaturated/α-hetero) is 1. The molecule has 0 spiro atoms. The summed E-state index contributed by atoms with van der Waals surface area (Å²) >= 11 is 2.98. The highest BCUT2D eigenvalue weighted by Crippen LogP contribution is 2.34. The smallest absolute Gasteiger partial charge is 0.294 e. The third kappa shape index (κ3) is 3.27. The van der Waals surface area contributed by atoms with Crippen LogP contribution in [-0.2, 0) is 19.6 Å². The van der Waals surface area contributed by atoms with Crippen molar-refractivity contribution in [2.45, 2.75) is 12.6 Å². The van der Waals surface area contributed by atoms with E-state index in [1.165, 1.54) is 23.0 Å². The summed E-state index contributed by atoms with van der Waals surface area (Å²) in [5.41, 5.74) is -0.682. The molecule has 1 heterocycles. The average Bonchev–Trinajstić information content (AvgIpc) is 2.73. The predicted molar refractivity (Wildman–Crippen MR) is 70.4 cm³/mol. The Bertz CT molecular complexity index is 649. The third-order valence-electron chi connectivity index (χ3n) is 2.71. The fraction of sp³-hybridized carbons (Fsp3) is 0.231. The van der Waals surface area contributed by atoms with Gasteiger partial charge in [0.15, 0.2) is 5.78 Å². The molecule has 0 N–H and O–H groups in total. The maximum atomic E-state index is 12.9. The van der Waals surface area contributed by atoms with Gasteiger partial charge in [0.2, 0.25) is 0 Å². The van der Waals surface area contributed by atoms with Crippen LogP contribution in [0.5, 0.6) is 0 Å². The molecular weight excluding hydrogens is 337 g/mol. The summed E-state index contributed by atoms with van der Waals surface area (Å²) in [6.45, 7) is 0. The molecule has 0 aliphatic carbocycles. The van der Waals surface area contributed by atoms with Crippen LogP contribution >= 0.6 is 15.9 Å². The molecule has 2 rings (SSSR count). The van der Waals surface area contributed by atoms with Gasteiger partial charge in [0.05, 0.1) is 11.8 Å². The van der Waals surface area contributed by atoms with Crippen LogP contribution in [0, 0.1) is 0 Å². The number of benzene rings is 1. The van der Waals surface area contributed by atoms with Crippen LogP contribution in [0.25, 0.3) is 0 Å². The van der Waals surface area contributed by atoms with Crippen molar-refractivity contribution in [3.8, 4) is 0 Å². The molecule has 0 atom stereocenters. The summed E-state index contributed by atoms with van der Waals surface area (Å²) in [5, 5.41) is 3.88. The van der Waals surface area contributed by atoms with Crippen molar-refractivity contribution >= 4 is 21.7 Å². The largest absolute Gasteiger partial charge is 0.417 e. The minimum atomic E-state index is -4.57. The van der Waals surface area contributed by atoms with Crippen LogP contribution in [0.2, 0.25) is 0 Å². The average molecular weight is 347 g/mol. The zero-order valence-electron chi connectivity index (χ0n) is 10.4. The van der Waals surface area contributed by atoms with E-state index in [0.717, 1.165) is 6.07 Å². The fourth-order valence-electron chi connectivity index (χ4n) is 1.84. The number of hydrogen-bond acceptors (Lipinski definition) is 2. The number of carbonyl (C=O) groups is 1. The van der Waals surface area contributed by atoms with Crippen molar-refractivity contribution < 1.29 is 18.0 Å². The van der Waals surface area contributed by atoms with Crippen molar-refractivity contribution in [1.29, 1.82) is 0 Å². The highest BCUT2D eigenvalue weighted by Gasteiger charge is 2.35. The van der Waals surface area contributed by atoms with Crippen LogP contribution in [0.1, 0.15) is 21.5 Å². The van der Waals surface area contributed by atoms with Gasteiger partial charge in [-0.25, -0.2) is 0 Å². The van der Waals surface area contributed by atoms with Gasteiger partial charge in [-0.05, 0) is 23.8 Å². The number of ketones is 1. The molecule has 0 bridgehead atoms. The normalized spacial score (nSPS) is 11.7. The van der Waals surface area contributed by atoms with Crippen LogP contribution in [0.3, 0.4) is 0 Å². The standard InChI is InChI=1S/C13H10BrF3N2O/c1-19-7-8(6-18-19)4-12(20)10-3-2-9(14)5-11(10)13(15,16)17/h2-3,5-7H,4H2,1H3. The van der Waals surface area contributed by atoms with Gasteiger partial charge in [-0.2, -0.15) is 18.3 Å². The molecule has 106 valence electrons. The molecule has 0 saturated heterocycles. The van der Waals surface area contributed by atoms with Crippen LogP contribution in [-0.4, -0.2) is 15.6 Å². The predicted octanol–water partition coefficient (Wildman–Crippen LogP) is 3.63. The minimum absolute atomic E-state index is 0.113. The molecule has 0 fully saturated rings. The Morgan fingerprint density at radius 2 is 2.10 bits per heavy atom. The lowest BCUT2D eigenvalue weighted by atomic mass is 9.99. The monoisotopic (exact) mass is 346 g/mol. The van der Waals surface area contributed by atoms with E-state index in [4.69, 9.17) is 0 Å². The summed E-state index contributed by atoms with van der Waals surface area (Å²) in [4.78, 5) is 12.0. The molecule has 0 amide bonds. The zero-order valence-corrected chi connectivity index (χ0v) is 12.0. The molecule has 0 aliphatic rings. The van der Waals surface area contributed by atoms with Crippen LogP contribution < -0.4 is 0 Å². The van der Waals surface area contributed by atoms with Gasteiger partial charge in [0.1, 0.15) is 0 Å². The number of halogens is 4. The van der Waals surface area contributed by atoms with Crippen molar-refractivity contribution in [3.05, 3.63) is 51.8 Å². The highest BCUT2D eigenvalue weighted by atomic mass is 79.9. The van der Waals surface area contributed by atoms with E-state index in [0.29, 0.717) is 5.56 Å². The molecule has 7 heteroatoms. The van der Waals surface area contributed by atoms with Gasteiger partial charge >= 0.3 is 6.18 Å². The molecule has 0 radical (unpaired) electrons. The lowest BCUT2D eigenvalue weighted by Crippen LogP contribution is -2.14. The zero-order chi connectivity index (χ0) is 14.9. The van der Waals surface area contributed by atoms with Crippen molar-refractivity contribution in [2.75, 3.05) is 0 Å². The summed E-state index contributed by atoms with van der Waals surface area (Å²) < 4.78 is 40.6. The second kappa shape index (κ2) is 5.40. The quantitative estimate of drug-likeness (QED) is 0.795. The van der Waals surface area contributed by atoms with Gasteiger partial charge in [-0.1, -0.05) is 15.9 Å². The first-order valence-corrected chi connectivity index (χ1v) is 6.44. The van der Waals surface area contributed by atoms with E-state index in [1.54, 1.807) is 13.2 Å². The first-order chi connectivity index (χ1) is 9.27. The number of alkyl halides is 3. The van der Waals surface area contributed by atoms with E-state index < -0.39 is 17.5 Å². The fourth-order valence-corrected chi connectivity index (χ4v) is 2.20. The number of nitrogens with zero attached hydrogens (tertiary/aromatic N) is 2. The van der Waals surface area contributed by atoms with E-state index in [2.05, 4.69) is 21.0 Å². The maximum Gasteiger partial charge on any atom is 0.417 e. The Hall–Kier alpha value is -1.63. The first kappa shape index (κ1) is 14.8. The molecule has 20 heavy (non-hydrogen) atoms. The Balaban J connectivity index is 2.34. The Morgan fingerprint density at radius 3 is 2.65 bits per heavy atom. The second-order valence-electron chi connectivity index (χ2n) is 4.31. The number of aryl methyl sites for hydroxylation is 1. The lowest BCUT2D eigenvalue weighted by Gasteiger charge is -2.12. The number of carbonyl (C=O) groups excluding carboxylic acids is 1. The van der Waals surface area contributed by atoms with E-state index >= 15 is 0 Å². The van der Waals surface area contributed by atoms with Crippen LogP contribution in [0.4, 0.5) is 13.2 Å². The molecule has 0 aliphatic heterocycles. The van der Waals surface area contributed by atoms with Gasteiger partial charge in [0.25, 0.3) is 0 Å². The number of aromatic nitrogens is 2. The van der Waals surface area contributed by atoms with E-state index in [9.17, 15) is 18.0 Å². The number of hydrogen-bond donors (Lipinski definition) is 0. The van der Waals surface area contributed by atoms with E-state index in [1.807, 2.05) is 0 Å². The Labute approximate surface area is 121 Å². The lowest BCUT2D eigenvalue weighted by molar-refractivity contribution is -0.138. The molecule has 3 nitrogen and oxygen atoms in total. The Kier molecular flexibility index (Phi) is 3.99. The molecular formula is C13H10BrF3N2O. The third-order valence-corrected chi connectivity index (χ3v) is 3.20. The minimum Gasteiger partial charge on any atom is -0.294 e. The van der Waals surface area contributed by atoms with E-state index in [-0.39, 0.29) is 16.5 Å². The molecule has 1 aromatic heterocycles. The van der Waals surface area contributed by atoms with Crippen molar-refractivity contribution in [2.24, 2.45) is 7.05 Å². The summed E-state index contributed by atoms with van der Waals surface area (Å²) in [5.74, 6) is -0.585. The summed E-state index contributed by atoms with van der Waals surface area (Å²) in [6.07, 6.45) is -1.61. The SMILES string of the molecule is Cn1cc(CC(=O)c2ccc(Br)cc2C(F)(F)F)cn1. The van der Waals surface area contributed by atoms with Gasteiger partial charge in [0, 0.05) is 29.7 Å². The second-order valence-corrected chi connectivity index (χ2v) is 5.23. The topological polar surface area (TPSA) is 34.9 Å². The van der Waals surface area contributed by atoms with Crippen molar-refractivity contribution in [1.82, 2.24) is 9.78 Å². The van der Waals surface area contributed by atoms with Crippen molar-refractivity contribution in [3.63, 3.8) is 0 Å².